The second-order valence-corrected chi connectivity index (χ2v) is 6.31. The van der Waals surface area contributed by atoms with Gasteiger partial charge in [0.1, 0.15) is 11.6 Å². The van der Waals surface area contributed by atoms with Gasteiger partial charge in [-0.25, -0.2) is 4.98 Å². The summed E-state index contributed by atoms with van der Waals surface area (Å²) in [5, 5.41) is 13.1. The fourth-order valence-electron chi connectivity index (χ4n) is 2.68. The maximum atomic E-state index is 12.8. The van der Waals surface area contributed by atoms with Crippen LogP contribution in [0.5, 0.6) is 5.75 Å². The molecule has 2 aromatic carbocycles. The average molecular weight is 418 g/mol. The van der Waals surface area contributed by atoms with Crippen LogP contribution >= 0.6 is 0 Å². The van der Waals surface area contributed by atoms with Crippen molar-refractivity contribution in [3.63, 3.8) is 0 Å². The number of hydrogen-bond donors (Lipinski definition) is 3. The van der Waals surface area contributed by atoms with Crippen molar-refractivity contribution in [1.29, 1.82) is 0 Å². The van der Waals surface area contributed by atoms with Crippen molar-refractivity contribution in [3.8, 4) is 17.1 Å². The van der Waals surface area contributed by atoms with E-state index in [0.29, 0.717) is 29.7 Å². The van der Waals surface area contributed by atoms with Crippen molar-refractivity contribution >= 4 is 5.96 Å². The molecule has 30 heavy (non-hydrogen) atoms. The highest BCUT2D eigenvalue weighted by atomic mass is 19.4. The van der Waals surface area contributed by atoms with Gasteiger partial charge in [-0.2, -0.15) is 18.3 Å². The van der Waals surface area contributed by atoms with E-state index < -0.39 is 11.7 Å². The maximum Gasteiger partial charge on any atom is 0.416 e. The van der Waals surface area contributed by atoms with Crippen molar-refractivity contribution in [2.24, 2.45) is 4.99 Å². The predicted molar refractivity (Wildman–Crippen MR) is 107 cm³/mol. The molecule has 0 saturated heterocycles. The number of alkyl halides is 3. The Hall–Kier alpha value is -3.56. The Morgan fingerprint density at radius 1 is 1.10 bits per heavy atom. The zero-order chi connectivity index (χ0) is 21.6. The Bertz CT molecular complexity index is 998. The Morgan fingerprint density at radius 2 is 1.83 bits per heavy atom. The van der Waals surface area contributed by atoms with Crippen LogP contribution in [0.3, 0.4) is 0 Å². The van der Waals surface area contributed by atoms with Crippen LogP contribution in [0.4, 0.5) is 13.2 Å². The number of rotatable bonds is 6. The van der Waals surface area contributed by atoms with Crippen LogP contribution in [0, 0.1) is 0 Å². The van der Waals surface area contributed by atoms with Crippen LogP contribution in [0.15, 0.2) is 53.5 Å². The number of hydrogen-bond acceptors (Lipinski definition) is 4. The Kier molecular flexibility index (Phi) is 6.55. The number of nitrogens with zero attached hydrogens (tertiary/aromatic N) is 3. The smallest absolute Gasteiger partial charge is 0.416 e. The monoisotopic (exact) mass is 418 g/mol. The van der Waals surface area contributed by atoms with E-state index in [0.717, 1.165) is 23.4 Å². The summed E-state index contributed by atoms with van der Waals surface area (Å²) in [6, 6.07) is 12.5. The normalized spacial score (nSPS) is 12.0. The van der Waals surface area contributed by atoms with Gasteiger partial charge in [-0.1, -0.05) is 12.1 Å². The zero-order valence-corrected chi connectivity index (χ0v) is 16.4. The number of halogens is 3. The third kappa shape index (κ3) is 5.49. The van der Waals surface area contributed by atoms with E-state index in [2.05, 4.69) is 30.8 Å². The lowest BCUT2D eigenvalue weighted by Crippen LogP contribution is -2.36. The molecule has 3 N–H and O–H groups in total. The molecule has 0 saturated carbocycles. The van der Waals surface area contributed by atoms with Gasteiger partial charge in [0.25, 0.3) is 0 Å². The number of guanidine groups is 1. The number of nitrogens with one attached hydrogen (secondary N) is 3. The SMILES string of the molecule is CN=C(NCc1cccc(C(F)(F)F)c1)NCc1nc(-c2ccc(OC)cc2)n[nH]1. The van der Waals surface area contributed by atoms with E-state index in [-0.39, 0.29) is 6.54 Å². The van der Waals surface area contributed by atoms with Gasteiger partial charge >= 0.3 is 6.18 Å². The van der Waals surface area contributed by atoms with Gasteiger partial charge in [-0.15, -0.1) is 0 Å². The summed E-state index contributed by atoms with van der Waals surface area (Å²) in [6.45, 7) is 0.502. The second-order valence-electron chi connectivity index (χ2n) is 6.31. The molecule has 1 aromatic heterocycles. The summed E-state index contributed by atoms with van der Waals surface area (Å²) in [7, 11) is 3.17. The number of H-pyrrole nitrogens is 1. The minimum absolute atomic E-state index is 0.192. The van der Waals surface area contributed by atoms with E-state index >= 15 is 0 Å². The Morgan fingerprint density at radius 3 is 2.50 bits per heavy atom. The first kappa shape index (κ1) is 21.2. The second kappa shape index (κ2) is 9.29. The van der Waals surface area contributed by atoms with Crippen molar-refractivity contribution in [3.05, 3.63) is 65.5 Å². The zero-order valence-electron chi connectivity index (χ0n) is 16.4. The highest BCUT2D eigenvalue weighted by Gasteiger charge is 2.30. The van der Waals surface area contributed by atoms with E-state index in [1.165, 1.54) is 6.07 Å². The molecular formula is C20H21F3N6O. The van der Waals surface area contributed by atoms with Gasteiger partial charge in [0.15, 0.2) is 11.8 Å². The third-order valence-corrected chi connectivity index (χ3v) is 4.24. The van der Waals surface area contributed by atoms with Crippen molar-refractivity contribution in [2.45, 2.75) is 19.3 Å². The van der Waals surface area contributed by atoms with Crippen LogP contribution < -0.4 is 15.4 Å². The van der Waals surface area contributed by atoms with Crippen molar-refractivity contribution < 1.29 is 17.9 Å². The van der Waals surface area contributed by atoms with Gasteiger partial charge in [0, 0.05) is 19.2 Å². The molecule has 0 bridgehead atoms. The summed E-state index contributed by atoms with van der Waals surface area (Å²) in [6.07, 6.45) is -4.37. The lowest BCUT2D eigenvalue weighted by atomic mass is 10.1. The van der Waals surface area contributed by atoms with Crippen LogP contribution in [0.2, 0.25) is 0 Å². The highest BCUT2D eigenvalue weighted by molar-refractivity contribution is 5.79. The number of ether oxygens (including phenoxy) is 1. The lowest BCUT2D eigenvalue weighted by Gasteiger charge is -2.12. The van der Waals surface area contributed by atoms with Gasteiger partial charge in [0.05, 0.1) is 19.2 Å². The largest absolute Gasteiger partial charge is 0.497 e. The van der Waals surface area contributed by atoms with E-state index in [4.69, 9.17) is 4.74 Å². The molecule has 0 fully saturated rings. The quantitative estimate of drug-likeness (QED) is 0.422. The lowest BCUT2D eigenvalue weighted by molar-refractivity contribution is -0.137. The minimum atomic E-state index is -4.37. The number of methoxy groups -OCH3 is 1. The van der Waals surface area contributed by atoms with Gasteiger partial charge in [-0.05, 0) is 42.0 Å². The molecule has 0 aliphatic heterocycles. The molecule has 0 spiro atoms. The Labute approximate surface area is 171 Å². The van der Waals surface area contributed by atoms with E-state index in [9.17, 15) is 13.2 Å². The van der Waals surface area contributed by atoms with Crippen molar-refractivity contribution in [1.82, 2.24) is 25.8 Å². The van der Waals surface area contributed by atoms with Crippen LogP contribution in [0.25, 0.3) is 11.4 Å². The molecule has 10 heteroatoms. The molecule has 0 radical (unpaired) electrons. The fraction of sp³-hybridized carbons (Fsp3) is 0.250. The van der Waals surface area contributed by atoms with Crippen LogP contribution in [-0.2, 0) is 19.3 Å². The molecule has 158 valence electrons. The third-order valence-electron chi connectivity index (χ3n) is 4.24. The first-order valence-corrected chi connectivity index (χ1v) is 9.05. The summed E-state index contributed by atoms with van der Waals surface area (Å²) < 4.78 is 43.6. The van der Waals surface area contributed by atoms with Gasteiger partial charge in [-0.3, -0.25) is 10.1 Å². The molecule has 0 aliphatic rings. The number of aromatic amines is 1. The summed E-state index contributed by atoms with van der Waals surface area (Å²) in [5.41, 5.74) is 0.650. The summed E-state index contributed by atoms with van der Waals surface area (Å²) >= 11 is 0. The molecule has 0 unspecified atom stereocenters. The molecule has 0 atom stereocenters. The number of aromatic nitrogens is 3. The number of benzene rings is 2. The summed E-state index contributed by atoms with van der Waals surface area (Å²) in [5.74, 6) is 2.30. The molecule has 1 heterocycles. The average Bonchev–Trinajstić information content (AvgIpc) is 3.22. The van der Waals surface area contributed by atoms with Crippen LogP contribution in [-0.4, -0.2) is 35.3 Å². The first-order valence-electron chi connectivity index (χ1n) is 9.05. The van der Waals surface area contributed by atoms with Crippen LogP contribution in [0.1, 0.15) is 17.0 Å². The minimum Gasteiger partial charge on any atom is -0.497 e. The van der Waals surface area contributed by atoms with Gasteiger partial charge < -0.3 is 15.4 Å². The van der Waals surface area contributed by atoms with Crippen molar-refractivity contribution in [2.75, 3.05) is 14.2 Å². The fourth-order valence-corrected chi connectivity index (χ4v) is 2.68. The van der Waals surface area contributed by atoms with E-state index in [1.807, 2.05) is 24.3 Å². The molecule has 0 aliphatic carbocycles. The molecule has 7 nitrogen and oxygen atoms in total. The topological polar surface area (TPSA) is 87.2 Å². The first-order chi connectivity index (χ1) is 14.4. The van der Waals surface area contributed by atoms with E-state index in [1.54, 1.807) is 20.2 Å². The predicted octanol–water partition coefficient (Wildman–Crippen LogP) is 3.36. The number of aliphatic imine (C=N–C) groups is 1. The molecule has 3 aromatic rings. The standard InChI is InChI=1S/C20H21F3N6O/c1-24-19(25-11-13-4-3-5-15(10-13)20(21,22)23)26-12-17-27-18(29-28-17)14-6-8-16(30-2)9-7-14/h3-10H,11-12H2,1-2H3,(H2,24,25,26)(H,27,28,29). The van der Waals surface area contributed by atoms with Gasteiger partial charge in [0.2, 0.25) is 0 Å². The molecule has 0 amide bonds. The summed E-state index contributed by atoms with van der Waals surface area (Å²) in [4.78, 5) is 8.49. The molecular weight excluding hydrogens is 397 g/mol. The maximum absolute atomic E-state index is 12.8. The highest BCUT2D eigenvalue weighted by Crippen LogP contribution is 2.29. The Balaban J connectivity index is 1.55. The molecule has 3 rings (SSSR count).